The zero-order valence-corrected chi connectivity index (χ0v) is 13.8. The van der Waals surface area contributed by atoms with Crippen LogP contribution in [0.1, 0.15) is 22.3 Å². The van der Waals surface area contributed by atoms with E-state index in [0.29, 0.717) is 6.42 Å². The summed E-state index contributed by atoms with van der Waals surface area (Å²) in [6, 6.07) is 15.7. The highest BCUT2D eigenvalue weighted by atomic mass is 16.5. The Hall–Kier alpha value is -2.94. The minimum Gasteiger partial charge on any atom is -0.618 e. The maximum atomic E-state index is 11.2. The van der Waals surface area contributed by atoms with E-state index in [1.807, 2.05) is 49.4 Å². The van der Waals surface area contributed by atoms with Gasteiger partial charge in [-0.25, -0.2) is 0 Å². The highest BCUT2D eigenvalue weighted by Gasteiger charge is 2.09. The summed E-state index contributed by atoms with van der Waals surface area (Å²) in [5.74, 6) is 0.200. The van der Waals surface area contributed by atoms with Crippen molar-refractivity contribution >= 4 is 22.8 Å². The van der Waals surface area contributed by atoms with Crippen LogP contribution in [0.3, 0.4) is 0 Å². The molecule has 0 unspecified atom stereocenters. The van der Waals surface area contributed by atoms with Crippen LogP contribution in [-0.2, 0) is 11.2 Å². The number of rotatable bonds is 0. The number of allylic oxidation sites excluding steroid dienone is 1. The minimum atomic E-state index is 0.200. The first-order valence-electron chi connectivity index (χ1n) is 7.92. The highest BCUT2D eigenvalue weighted by molar-refractivity contribution is 5.98. The van der Waals surface area contributed by atoms with Crippen LogP contribution in [-0.4, -0.2) is 5.78 Å². The number of hydrogen-bond donors (Lipinski definition) is 0. The van der Waals surface area contributed by atoms with Crippen LogP contribution < -0.4 is 4.73 Å². The van der Waals surface area contributed by atoms with Gasteiger partial charge in [-0.2, -0.15) is 4.73 Å². The normalized spacial score (nSPS) is 12.5. The number of pyridine rings is 1. The fourth-order valence-electron chi connectivity index (χ4n) is 2.77. The predicted molar refractivity (Wildman–Crippen MR) is 96.6 cm³/mol. The highest BCUT2D eigenvalue weighted by Crippen LogP contribution is 2.18. The second kappa shape index (κ2) is 6.67. The van der Waals surface area contributed by atoms with E-state index in [9.17, 15) is 10.0 Å². The van der Waals surface area contributed by atoms with Crippen LogP contribution in [0.15, 0.2) is 60.8 Å². The van der Waals surface area contributed by atoms with Crippen molar-refractivity contribution in [1.82, 2.24) is 0 Å². The Morgan fingerprint density at radius 3 is 2.54 bits per heavy atom. The zero-order valence-electron chi connectivity index (χ0n) is 13.8. The van der Waals surface area contributed by atoms with Crippen LogP contribution in [0.2, 0.25) is 0 Å². The molecule has 1 aliphatic carbocycles. The van der Waals surface area contributed by atoms with Crippen molar-refractivity contribution in [3.63, 3.8) is 0 Å². The van der Waals surface area contributed by atoms with Gasteiger partial charge in [0, 0.05) is 23.9 Å². The average Bonchev–Trinajstić information content (AvgIpc) is 2.56. The number of benzene rings is 2. The Labute approximate surface area is 141 Å². The minimum absolute atomic E-state index is 0.200. The van der Waals surface area contributed by atoms with Crippen LogP contribution in [0, 0.1) is 19.1 Å². The van der Waals surface area contributed by atoms with Crippen molar-refractivity contribution < 1.29 is 9.52 Å². The van der Waals surface area contributed by atoms with Crippen molar-refractivity contribution in [1.29, 1.82) is 0 Å². The van der Waals surface area contributed by atoms with Crippen molar-refractivity contribution in [2.24, 2.45) is 0 Å². The maximum Gasteiger partial charge on any atom is 0.223 e. The van der Waals surface area contributed by atoms with Gasteiger partial charge in [0.2, 0.25) is 5.52 Å². The summed E-state index contributed by atoms with van der Waals surface area (Å²) in [7, 11) is 0. The van der Waals surface area contributed by atoms with Gasteiger partial charge in [0.15, 0.2) is 12.0 Å². The lowest BCUT2D eigenvalue weighted by atomic mass is 9.95. The van der Waals surface area contributed by atoms with E-state index in [0.717, 1.165) is 21.2 Å². The number of nitrogens with zero attached hydrogens (tertiary/aromatic N) is 1. The SMILES string of the molecule is Cc1ccc2c(c1)C=CC(=O)C2.Cc1ccc2c(ccc[n+]2[O-])c1. The molecule has 120 valence electrons. The second-order valence-corrected chi connectivity index (χ2v) is 6.07. The quantitative estimate of drug-likeness (QED) is 0.466. The first-order valence-corrected chi connectivity index (χ1v) is 7.92. The molecular weight excluding hydrogens is 298 g/mol. The van der Waals surface area contributed by atoms with E-state index in [2.05, 4.69) is 13.0 Å². The zero-order chi connectivity index (χ0) is 17.1. The second-order valence-electron chi connectivity index (χ2n) is 6.07. The summed E-state index contributed by atoms with van der Waals surface area (Å²) >= 11 is 0. The average molecular weight is 317 g/mol. The molecule has 0 bridgehead atoms. The van der Waals surface area contributed by atoms with Gasteiger partial charge in [0.25, 0.3) is 0 Å². The van der Waals surface area contributed by atoms with Gasteiger partial charge in [-0.05, 0) is 43.2 Å². The summed E-state index contributed by atoms with van der Waals surface area (Å²) in [5, 5.41) is 12.2. The standard InChI is InChI=1S/C11H10O.C10H9NO/c1-8-2-3-10-7-11(12)5-4-9(10)6-8;1-8-4-5-10-9(7-8)3-2-6-11(10)12/h2-6H,7H2,1H3;2-7H,1H3. The molecule has 3 heteroatoms. The molecular formula is C21H19NO2. The van der Waals surface area contributed by atoms with Crippen LogP contribution in [0.4, 0.5) is 0 Å². The van der Waals surface area contributed by atoms with Crippen molar-refractivity contribution in [3.8, 4) is 0 Å². The van der Waals surface area contributed by atoms with Crippen molar-refractivity contribution in [2.75, 3.05) is 0 Å². The van der Waals surface area contributed by atoms with Crippen LogP contribution >= 0.6 is 0 Å². The molecule has 3 aromatic rings. The van der Waals surface area contributed by atoms with Gasteiger partial charge < -0.3 is 5.21 Å². The number of carbonyl (C=O) groups excluding carboxylic acids is 1. The van der Waals surface area contributed by atoms with E-state index < -0.39 is 0 Å². The summed E-state index contributed by atoms with van der Waals surface area (Å²) in [5.41, 5.74) is 5.48. The van der Waals surface area contributed by atoms with Gasteiger partial charge in [-0.1, -0.05) is 41.5 Å². The predicted octanol–water partition coefficient (Wildman–Crippen LogP) is 3.92. The lowest BCUT2D eigenvalue weighted by Gasteiger charge is -2.09. The van der Waals surface area contributed by atoms with E-state index >= 15 is 0 Å². The summed E-state index contributed by atoms with van der Waals surface area (Å²) in [6.07, 6.45) is 5.62. The third kappa shape index (κ3) is 3.51. The largest absolute Gasteiger partial charge is 0.618 e. The third-order valence-electron chi connectivity index (χ3n) is 4.03. The first-order chi connectivity index (χ1) is 11.5. The molecule has 0 saturated carbocycles. The lowest BCUT2D eigenvalue weighted by Crippen LogP contribution is -2.25. The molecule has 2 aromatic carbocycles. The molecule has 0 fully saturated rings. The van der Waals surface area contributed by atoms with E-state index in [-0.39, 0.29) is 5.78 Å². The van der Waals surface area contributed by atoms with Crippen molar-refractivity contribution in [2.45, 2.75) is 20.3 Å². The Kier molecular flexibility index (Phi) is 4.43. The monoisotopic (exact) mass is 317 g/mol. The van der Waals surface area contributed by atoms with E-state index in [1.54, 1.807) is 12.1 Å². The van der Waals surface area contributed by atoms with Crippen molar-refractivity contribution in [3.05, 3.63) is 88.3 Å². The smallest absolute Gasteiger partial charge is 0.223 e. The van der Waals surface area contributed by atoms with Crippen LogP contribution in [0.25, 0.3) is 17.0 Å². The maximum absolute atomic E-state index is 11.2. The number of carbonyl (C=O) groups is 1. The third-order valence-corrected chi connectivity index (χ3v) is 4.03. The van der Waals surface area contributed by atoms with E-state index in [4.69, 9.17) is 0 Å². The number of aryl methyl sites for hydroxylation is 2. The Morgan fingerprint density at radius 1 is 0.958 bits per heavy atom. The number of hydrogen-bond acceptors (Lipinski definition) is 2. The Morgan fingerprint density at radius 2 is 1.71 bits per heavy atom. The van der Waals surface area contributed by atoms with Gasteiger partial charge in [0.1, 0.15) is 0 Å². The molecule has 24 heavy (non-hydrogen) atoms. The number of ketones is 1. The molecule has 1 heterocycles. The molecule has 1 aromatic heterocycles. The molecule has 0 spiro atoms. The van der Waals surface area contributed by atoms with Crippen LogP contribution in [0.5, 0.6) is 0 Å². The van der Waals surface area contributed by atoms with Gasteiger partial charge in [0.05, 0.1) is 0 Å². The fourth-order valence-corrected chi connectivity index (χ4v) is 2.77. The number of aromatic nitrogens is 1. The summed E-state index contributed by atoms with van der Waals surface area (Å²) in [6.45, 7) is 4.08. The Bertz CT molecular complexity index is 942. The first kappa shape index (κ1) is 15.9. The molecule has 0 atom stereocenters. The summed E-state index contributed by atoms with van der Waals surface area (Å²) in [4.78, 5) is 11.0. The molecule has 0 aliphatic heterocycles. The molecule has 0 saturated heterocycles. The van der Waals surface area contributed by atoms with Gasteiger partial charge in [-0.3, -0.25) is 4.79 Å². The molecule has 0 N–H and O–H groups in total. The molecule has 0 amide bonds. The molecule has 4 rings (SSSR count). The lowest BCUT2D eigenvalue weighted by molar-refractivity contribution is -0.577. The van der Waals surface area contributed by atoms with Gasteiger partial charge in [-0.15, -0.1) is 0 Å². The van der Waals surface area contributed by atoms with E-state index in [1.165, 1.54) is 22.9 Å². The van der Waals surface area contributed by atoms with Gasteiger partial charge >= 0.3 is 0 Å². The molecule has 0 radical (unpaired) electrons. The number of fused-ring (bicyclic) bond motifs is 2. The fraction of sp³-hybridized carbons (Fsp3) is 0.143. The molecule has 1 aliphatic rings. The molecule has 3 nitrogen and oxygen atoms in total. The Balaban J connectivity index is 0.000000141. The summed E-state index contributed by atoms with van der Waals surface area (Å²) < 4.78 is 0.884. The topological polar surface area (TPSA) is 44.0 Å².